The van der Waals surface area contributed by atoms with Crippen LogP contribution in [0.15, 0.2) is 30.3 Å². The first-order valence-corrected chi connectivity index (χ1v) is 9.15. The molecular formula is C15H18BF4I. The van der Waals surface area contributed by atoms with E-state index in [0.29, 0.717) is 0 Å². The average molecular weight is 412 g/mol. The summed E-state index contributed by atoms with van der Waals surface area (Å²) in [6, 6.07) is 10.7. The molecule has 0 amide bonds. The third-order valence-electron chi connectivity index (χ3n) is 3.07. The van der Waals surface area contributed by atoms with E-state index in [1.807, 2.05) is 0 Å². The molecule has 1 fully saturated rings. The van der Waals surface area contributed by atoms with Crippen molar-refractivity contribution in [2.75, 3.05) is 0 Å². The van der Waals surface area contributed by atoms with Crippen LogP contribution >= 0.6 is 0 Å². The Morgan fingerprint density at radius 1 is 1.00 bits per heavy atom. The van der Waals surface area contributed by atoms with Crippen LogP contribution in [0.2, 0.25) is 0 Å². The normalized spacial score (nSPS) is 15.4. The van der Waals surface area contributed by atoms with Crippen LogP contribution in [-0.4, -0.2) is 7.25 Å². The lowest BCUT2D eigenvalue weighted by atomic mass is 9.87. The van der Waals surface area contributed by atoms with E-state index >= 15 is 0 Å². The average Bonchev–Trinajstić information content (AvgIpc) is 2.44. The molecule has 0 aliphatic heterocycles. The number of hydrogen-bond donors (Lipinski definition) is 0. The molecule has 0 radical (unpaired) electrons. The van der Waals surface area contributed by atoms with Gasteiger partial charge in [-0.3, -0.25) is 0 Å². The summed E-state index contributed by atoms with van der Waals surface area (Å²) in [6.45, 7) is 0. The van der Waals surface area contributed by atoms with Gasteiger partial charge in [0.1, 0.15) is 0 Å². The first-order chi connectivity index (χ1) is 9.95. The van der Waals surface area contributed by atoms with Crippen LogP contribution < -0.4 is 21.2 Å². The first-order valence-electron chi connectivity index (χ1n) is 6.99. The van der Waals surface area contributed by atoms with Gasteiger partial charge in [0.15, 0.2) is 3.93 Å². The summed E-state index contributed by atoms with van der Waals surface area (Å²) in [5, 5.41) is 0. The molecule has 0 nitrogen and oxygen atoms in total. The maximum absolute atomic E-state index is 9.75. The molecule has 0 heterocycles. The van der Waals surface area contributed by atoms with Crippen molar-refractivity contribution < 1.29 is 38.5 Å². The van der Waals surface area contributed by atoms with Crippen molar-refractivity contribution in [2.24, 2.45) is 5.92 Å². The molecule has 2 rings (SSSR count). The Balaban J connectivity index is 0.000000383. The van der Waals surface area contributed by atoms with Crippen LogP contribution in [0.25, 0.3) is 0 Å². The summed E-state index contributed by atoms with van der Waals surface area (Å²) >= 11 is -0.0634. The van der Waals surface area contributed by atoms with Crippen molar-refractivity contribution in [1.29, 1.82) is 0 Å². The van der Waals surface area contributed by atoms with Crippen molar-refractivity contribution in [3.8, 4) is 9.85 Å². The molecule has 0 atom stereocenters. The zero-order valence-corrected chi connectivity index (χ0v) is 13.8. The zero-order chi connectivity index (χ0) is 15.6. The molecule has 1 saturated carbocycles. The van der Waals surface area contributed by atoms with Crippen LogP contribution in [0.1, 0.15) is 38.5 Å². The Hall–Kier alpha value is -0.705. The number of halogens is 5. The summed E-state index contributed by atoms with van der Waals surface area (Å²) in [7, 11) is -6.00. The van der Waals surface area contributed by atoms with Crippen LogP contribution in [0.3, 0.4) is 0 Å². The third kappa shape index (κ3) is 11.6. The Morgan fingerprint density at radius 2 is 1.57 bits per heavy atom. The molecule has 0 aromatic heterocycles. The zero-order valence-electron chi connectivity index (χ0n) is 11.7. The van der Waals surface area contributed by atoms with E-state index in [1.165, 1.54) is 35.7 Å². The van der Waals surface area contributed by atoms with Crippen molar-refractivity contribution in [3.63, 3.8) is 0 Å². The maximum atomic E-state index is 9.75. The lowest BCUT2D eigenvalue weighted by Gasteiger charge is -2.18. The highest BCUT2D eigenvalue weighted by atomic mass is 127. The molecule has 0 N–H and O–H groups in total. The van der Waals surface area contributed by atoms with Gasteiger partial charge in [0.25, 0.3) is 0 Å². The molecule has 1 aromatic rings. The molecule has 6 heteroatoms. The molecule has 0 saturated heterocycles. The Morgan fingerprint density at radius 3 is 2.14 bits per heavy atom. The van der Waals surface area contributed by atoms with Gasteiger partial charge in [-0.2, -0.15) is 0 Å². The molecule has 1 aromatic carbocycles. The van der Waals surface area contributed by atoms with Gasteiger partial charge in [0.2, 0.25) is 3.57 Å². The summed E-state index contributed by atoms with van der Waals surface area (Å²) in [4.78, 5) is 0. The minimum Gasteiger partial charge on any atom is -0.418 e. The minimum absolute atomic E-state index is 0.0634. The number of rotatable bonds is 2. The maximum Gasteiger partial charge on any atom is 0.673 e. The van der Waals surface area contributed by atoms with Crippen LogP contribution in [0.4, 0.5) is 17.3 Å². The smallest absolute Gasteiger partial charge is 0.418 e. The summed E-state index contributed by atoms with van der Waals surface area (Å²) in [5.41, 5.74) is 0. The van der Waals surface area contributed by atoms with Crippen LogP contribution in [0, 0.1) is 19.3 Å². The fraction of sp³-hybridized carbons (Fsp3) is 0.467. The second-order valence-corrected chi connectivity index (χ2v) is 7.19. The second kappa shape index (κ2) is 10.1. The number of benzene rings is 1. The molecule has 116 valence electrons. The molecule has 1 aliphatic rings. The van der Waals surface area contributed by atoms with Crippen molar-refractivity contribution >= 4 is 7.25 Å². The van der Waals surface area contributed by atoms with Crippen LogP contribution in [0.5, 0.6) is 0 Å². The molecule has 0 unspecified atom stereocenters. The molecule has 1 aliphatic carbocycles. The fourth-order valence-electron chi connectivity index (χ4n) is 2.14. The highest BCUT2D eigenvalue weighted by Gasteiger charge is 2.20. The van der Waals surface area contributed by atoms with E-state index in [1.54, 1.807) is 0 Å². The predicted octanol–water partition coefficient (Wildman–Crippen LogP) is 2.18. The second-order valence-electron chi connectivity index (χ2n) is 4.86. The predicted molar refractivity (Wildman–Crippen MR) is 74.3 cm³/mol. The topological polar surface area (TPSA) is 0 Å². The molecule has 0 spiro atoms. The van der Waals surface area contributed by atoms with Gasteiger partial charge in [-0.1, -0.05) is 37.5 Å². The third-order valence-corrected chi connectivity index (χ3v) is 5.06. The summed E-state index contributed by atoms with van der Waals surface area (Å²) in [6.07, 6.45) is 8.28. The standard InChI is InChI=1S/C15H18I.BF4/c1-3-8-14(9-4-1)10-7-13-16-15-11-5-2-6-12-15;2-1(3,4)5/h2,5-6,11-12,14H,1,3-4,8-10H2;/q+1;-1. The Bertz CT molecular complexity index is 438. The van der Waals surface area contributed by atoms with Crippen LogP contribution in [-0.2, 0) is 0 Å². The Labute approximate surface area is 134 Å². The molecule has 0 bridgehead atoms. The highest BCUT2D eigenvalue weighted by Crippen LogP contribution is 2.25. The molecule has 21 heavy (non-hydrogen) atoms. The monoisotopic (exact) mass is 412 g/mol. The van der Waals surface area contributed by atoms with Gasteiger partial charge in [-0.15, -0.1) is 0 Å². The highest BCUT2D eigenvalue weighted by molar-refractivity contribution is 6.50. The molecular weight excluding hydrogens is 394 g/mol. The van der Waals surface area contributed by atoms with Gasteiger partial charge in [0, 0.05) is 6.42 Å². The van der Waals surface area contributed by atoms with Gasteiger partial charge in [-0.25, -0.2) is 0 Å². The largest absolute Gasteiger partial charge is 0.673 e. The quantitative estimate of drug-likeness (QED) is 0.303. The van der Waals surface area contributed by atoms with Crippen molar-refractivity contribution in [2.45, 2.75) is 38.5 Å². The Kier molecular flexibility index (Phi) is 8.82. The number of hydrogen-bond acceptors (Lipinski definition) is 0. The van der Waals surface area contributed by atoms with E-state index in [2.05, 4.69) is 40.2 Å². The van der Waals surface area contributed by atoms with Crippen molar-refractivity contribution in [3.05, 3.63) is 33.9 Å². The van der Waals surface area contributed by atoms with Crippen molar-refractivity contribution in [1.82, 2.24) is 0 Å². The lowest BCUT2D eigenvalue weighted by Crippen LogP contribution is -3.59. The summed E-state index contributed by atoms with van der Waals surface area (Å²) < 4.78 is 43.9. The van der Waals surface area contributed by atoms with E-state index in [0.717, 1.165) is 12.3 Å². The van der Waals surface area contributed by atoms with E-state index in [4.69, 9.17) is 0 Å². The minimum atomic E-state index is -6.00. The van der Waals surface area contributed by atoms with Gasteiger partial charge in [-0.05, 0) is 36.8 Å². The fourth-order valence-corrected chi connectivity index (χ4v) is 3.64. The van der Waals surface area contributed by atoms with E-state index in [-0.39, 0.29) is 21.2 Å². The first kappa shape index (κ1) is 18.3. The van der Waals surface area contributed by atoms with Gasteiger partial charge >= 0.3 is 28.5 Å². The lowest BCUT2D eigenvalue weighted by molar-refractivity contribution is -0.535. The SMILES string of the molecule is C(#C[I+]c1ccccc1)CC1CCCCC1.F[B-](F)(F)F. The van der Waals surface area contributed by atoms with E-state index in [9.17, 15) is 17.3 Å². The van der Waals surface area contributed by atoms with Gasteiger partial charge in [0.05, 0.1) is 0 Å². The summed E-state index contributed by atoms with van der Waals surface area (Å²) in [5.74, 6) is 4.31. The van der Waals surface area contributed by atoms with Gasteiger partial charge < -0.3 is 17.3 Å². The van der Waals surface area contributed by atoms with E-state index < -0.39 is 7.25 Å².